The average molecular weight is 258 g/mol. The molecule has 1 rings (SSSR count). The lowest BCUT2D eigenvalue weighted by Crippen LogP contribution is -2.37. The molecule has 0 spiro atoms. The quantitative estimate of drug-likeness (QED) is 0.764. The third-order valence-corrected chi connectivity index (χ3v) is 2.21. The summed E-state index contributed by atoms with van der Waals surface area (Å²) >= 11 is 5.84. The second kappa shape index (κ2) is 6.84. The first kappa shape index (κ1) is 14.3. The molecular formula is C13H20ClNO2. The number of nitrogens with two attached hydrogens (primary N) is 1. The first-order valence-electron chi connectivity index (χ1n) is 5.72. The van der Waals surface area contributed by atoms with Crippen LogP contribution >= 0.6 is 11.6 Å². The van der Waals surface area contributed by atoms with Crippen LogP contribution in [0.25, 0.3) is 0 Å². The number of ether oxygens (including phenoxy) is 2. The molecule has 0 saturated carbocycles. The summed E-state index contributed by atoms with van der Waals surface area (Å²) < 4.78 is 11.0. The van der Waals surface area contributed by atoms with E-state index >= 15 is 0 Å². The number of halogens is 1. The van der Waals surface area contributed by atoms with E-state index in [1.807, 2.05) is 32.0 Å². The Bertz CT molecular complexity index is 336. The molecule has 0 aliphatic heterocycles. The lowest BCUT2D eigenvalue weighted by molar-refractivity contribution is 0.0870. The van der Waals surface area contributed by atoms with Gasteiger partial charge in [-0.1, -0.05) is 17.7 Å². The maximum absolute atomic E-state index is 5.84. The van der Waals surface area contributed by atoms with Gasteiger partial charge in [0, 0.05) is 23.6 Å². The Kier molecular flexibility index (Phi) is 5.75. The predicted molar refractivity (Wildman–Crippen MR) is 70.6 cm³/mol. The molecule has 96 valence electrons. The molecule has 0 aromatic heterocycles. The molecular weight excluding hydrogens is 238 g/mol. The van der Waals surface area contributed by atoms with Crippen LogP contribution in [0.3, 0.4) is 0 Å². The molecule has 0 fully saturated rings. The summed E-state index contributed by atoms with van der Waals surface area (Å²) in [6.45, 7) is 5.71. The van der Waals surface area contributed by atoms with Crippen molar-refractivity contribution < 1.29 is 9.47 Å². The van der Waals surface area contributed by atoms with Gasteiger partial charge >= 0.3 is 0 Å². The molecule has 0 atom stereocenters. The highest BCUT2D eigenvalue weighted by Gasteiger charge is 2.09. The van der Waals surface area contributed by atoms with Crippen molar-refractivity contribution in [1.82, 2.24) is 0 Å². The average Bonchev–Trinajstić information content (AvgIpc) is 2.22. The molecule has 3 nitrogen and oxygen atoms in total. The lowest BCUT2D eigenvalue weighted by Gasteiger charge is -2.18. The minimum Gasteiger partial charge on any atom is -0.493 e. The van der Waals surface area contributed by atoms with Gasteiger partial charge in [0.2, 0.25) is 0 Å². The van der Waals surface area contributed by atoms with Crippen molar-refractivity contribution in [1.29, 1.82) is 0 Å². The third kappa shape index (κ3) is 7.21. The van der Waals surface area contributed by atoms with Gasteiger partial charge in [0.05, 0.1) is 13.2 Å². The predicted octanol–water partition coefficient (Wildman–Crippen LogP) is 2.86. The molecule has 2 N–H and O–H groups in total. The van der Waals surface area contributed by atoms with Gasteiger partial charge in [0.25, 0.3) is 0 Å². The molecule has 1 aromatic carbocycles. The number of rotatable bonds is 7. The topological polar surface area (TPSA) is 44.5 Å². The van der Waals surface area contributed by atoms with E-state index in [4.69, 9.17) is 26.8 Å². The second-order valence-electron chi connectivity index (χ2n) is 4.70. The van der Waals surface area contributed by atoms with E-state index in [0.29, 0.717) is 24.8 Å². The smallest absolute Gasteiger partial charge is 0.120 e. The van der Waals surface area contributed by atoms with Crippen molar-refractivity contribution in [3.8, 4) is 5.75 Å². The lowest BCUT2D eigenvalue weighted by atomic mass is 10.1. The van der Waals surface area contributed by atoms with E-state index in [2.05, 4.69) is 0 Å². The van der Waals surface area contributed by atoms with Crippen LogP contribution in [0, 0.1) is 0 Å². The van der Waals surface area contributed by atoms with Crippen LogP contribution in [0.4, 0.5) is 0 Å². The molecule has 17 heavy (non-hydrogen) atoms. The maximum atomic E-state index is 5.84. The Morgan fingerprint density at radius 2 is 2.06 bits per heavy atom. The molecule has 0 amide bonds. The normalized spacial score (nSPS) is 11.5. The van der Waals surface area contributed by atoms with Crippen molar-refractivity contribution >= 4 is 11.6 Å². The van der Waals surface area contributed by atoms with Crippen LogP contribution in [0.5, 0.6) is 5.75 Å². The van der Waals surface area contributed by atoms with Crippen LogP contribution < -0.4 is 10.5 Å². The van der Waals surface area contributed by atoms with E-state index in [9.17, 15) is 0 Å². The third-order valence-electron chi connectivity index (χ3n) is 1.97. The molecule has 1 aromatic rings. The molecule has 0 radical (unpaired) electrons. The van der Waals surface area contributed by atoms with E-state index in [1.54, 1.807) is 6.07 Å². The molecule has 0 bridgehead atoms. The molecule has 0 unspecified atom stereocenters. The van der Waals surface area contributed by atoms with E-state index in [-0.39, 0.29) is 5.54 Å². The molecule has 0 aliphatic rings. The summed E-state index contributed by atoms with van der Waals surface area (Å²) in [7, 11) is 0. The number of hydrogen-bond donors (Lipinski definition) is 1. The summed E-state index contributed by atoms with van der Waals surface area (Å²) in [5, 5.41) is 0.684. The van der Waals surface area contributed by atoms with E-state index < -0.39 is 0 Å². The van der Waals surface area contributed by atoms with Gasteiger partial charge in [-0.3, -0.25) is 0 Å². The fourth-order valence-corrected chi connectivity index (χ4v) is 1.42. The zero-order valence-corrected chi connectivity index (χ0v) is 11.2. The largest absolute Gasteiger partial charge is 0.493 e. The highest BCUT2D eigenvalue weighted by molar-refractivity contribution is 6.30. The minimum atomic E-state index is -0.270. The van der Waals surface area contributed by atoms with Gasteiger partial charge in [-0.25, -0.2) is 0 Å². The van der Waals surface area contributed by atoms with Crippen molar-refractivity contribution in [2.45, 2.75) is 25.8 Å². The first-order chi connectivity index (χ1) is 7.97. The zero-order chi connectivity index (χ0) is 12.7. The van der Waals surface area contributed by atoms with Gasteiger partial charge in [-0.2, -0.15) is 0 Å². The fourth-order valence-electron chi connectivity index (χ4n) is 1.24. The first-order valence-corrected chi connectivity index (χ1v) is 6.10. The van der Waals surface area contributed by atoms with Crippen LogP contribution in [-0.2, 0) is 4.74 Å². The number of benzene rings is 1. The Morgan fingerprint density at radius 1 is 1.29 bits per heavy atom. The highest BCUT2D eigenvalue weighted by Crippen LogP contribution is 2.17. The Hall–Kier alpha value is -0.770. The van der Waals surface area contributed by atoms with Crippen molar-refractivity contribution in [3.05, 3.63) is 29.3 Å². The van der Waals surface area contributed by atoms with E-state index in [0.717, 1.165) is 12.2 Å². The minimum absolute atomic E-state index is 0.270. The Balaban J connectivity index is 2.09. The van der Waals surface area contributed by atoms with Crippen molar-refractivity contribution in [2.24, 2.45) is 5.73 Å². The van der Waals surface area contributed by atoms with Gasteiger partial charge < -0.3 is 15.2 Å². The maximum Gasteiger partial charge on any atom is 0.120 e. The number of hydrogen-bond acceptors (Lipinski definition) is 3. The van der Waals surface area contributed by atoms with Crippen LogP contribution in [0.2, 0.25) is 5.02 Å². The van der Waals surface area contributed by atoms with Crippen LogP contribution in [0.1, 0.15) is 20.3 Å². The molecule has 0 heterocycles. The van der Waals surface area contributed by atoms with Crippen molar-refractivity contribution in [2.75, 3.05) is 19.8 Å². The molecule has 4 heteroatoms. The summed E-state index contributed by atoms with van der Waals surface area (Å²) in [6.07, 6.45) is 0.836. The van der Waals surface area contributed by atoms with E-state index in [1.165, 1.54) is 0 Å². The van der Waals surface area contributed by atoms with Gasteiger partial charge in [-0.15, -0.1) is 0 Å². The summed E-state index contributed by atoms with van der Waals surface area (Å²) in [5.41, 5.74) is 5.52. The zero-order valence-electron chi connectivity index (χ0n) is 10.4. The summed E-state index contributed by atoms with van der Waals surface area (Å²) in [6, 6.07) is 7.37. The Labute approximate surface area is 108 Å². The second-order valence-corrected chi connectivity index (χ2v) is 5.14. The standard InChI is InChI=1S/C13H20ClNO2/c1-13(2,15)10-16-7-4-8-17-12-6-3-5-11(14)9-12/h3,5-6,9H,4,7-8,10,15H2,1-2H3. The SMILES string of the molecule is CC(C)(N)COCCCOc1cccc(Cl)c1. The van der Waals surface area contributed by atoms with Crippen LogP contribution in [0.15, 0.2) is 24.3 Å². The molecule has 0 saturated heterocycles. The summed E-state index contributed by atoms with van der Waals surface area (Å²) in [5.74, 6) is 0.789. The van der Waals surface area contributed by atoms with Gasteiger partial charge in [-0.05, 0) is 32.0 Å². The monoisotopic (exact) mass is 257 g/mol. The van der Waals surface area contributed by atoms with Gasteiger partial charge in [0.15, 0.2) is 0 Å². The Morgan fingerprint density at radius 3 is 2.71 bits per heavy atom. The highest BCUT2D eigenvalue weighted by atomic mass is 35.5. The van der Waals surface area contributed by atoms with Gasteiger partial charge in [0.1, 0.15) is 5.75 Å². The van der Waals surface area contributed by atoms with Crippen LogP contribution in [-0.4, -0.2) is 25.4 Å². The summed E-state index contributed by atoms with van der Waals surface area (Å²) in [4.78, 5) is 0. The molecule has 0 aliphatic carbocycles. The van der Waals surface area contributed by atoms with Crippen molar-refractivity contribution in [3.63, 3.8) is 0 Å². The fraction of sp³-hybridized carbons (Fsp3) is 0.538.